The Bertz CT molecular complexity index is 755. The number of thioether (sulfide) groups is 1. The fourth-order valence-electron chi connectivity index (χ4n) is 2.10. The SMILES string of the molecule is N#Cc1ccc(-c2cccs2)nc1SCC1=C[C@H](O)N[C@H](O)N1. The van der Waals surface area contributed by atoms with Gasteiger partial charge in [0, 0.05) is 11.4 Å². The van der Waals surface area contributed by atoms with Crippen molar-refractivity contribution in [1.82, 2.24) is 15.6 Å². The van der Waals surface area contributed by atoms with Crippen LogP contribution >= 0.6 is 23.1 Å². The molecule has 3 heterocycles. The van der Waals surface area contributed by atoms with Crippen LogP contribution in [0.2, 0.25) is 0 Å². The van der Waals surface area contributed by atoms with Crippen molar-refractivity contribution in [1.29, 1.82) is 5.26 Å². The first-order chi connectivity index (χ1) is 11.2. The third-order valence-electron chi connectivity index (χ3n) is 3.13. The zero-order valence-electron chi connectivity index (χ0n) is 11.9. The van der Waals surface area contributed by atoms with Crippen LogP contribution in [-0.2, 0) is 0 Å². The second kappa shape index (κ2) is 7.12. The molecule has 0 bridgehead atoms. The summed E-state index contributed by atoms with van der Waals surface area (Å²) in [4.78, 5) is 5.61. The molecule has 0 unspecified atom stereocenters. The van der Waals surface area contributed by atoms with Gasteiger partial charge in [0.05, 0.1) is 16.1 Å². The normalized spacial score (nSPS) is 20.5. The first-order valence-electron chi connectivity index (χ1n) is 6.83. The molecule has 1 aliphatic rings. The van der Waals surface area contributed by atoms with Gasteiger partial charge >= 0.3 is 0 Å². The van der Waals surface area contributed by atoms with Gasteiger partial charge in [-0.05, 0) is 29.7 Å². The van der Waals surface area contributed by atoms with Crippen molar-refractivity contribution in [3.63, 3.8) is 0 Å². The summed E-state index contributed by atoms with van der Waals surface area (Å²) in [6, 6.07) is 9.68. The molecule has 0 fully saturated rings. The van der Waals surface area contributed by atoms with Crippen molar-refractivity contribution in [2.24, 2.45) is 0 Å². The van der Waals surface area contributed by atoms with E-state index in [1.165, 1.54) is 11.8 Å². The highest BCUT2D eigenvalue weighted by Gasteiger charge is 2.17. The van der Waals surface area contributed by atoms with Gasteiger partial charge in [-0.3, -0.25) is 0 Å². The first kappa shape index (κ1) is 16.0. The van der Waals surface area contributed by atoms with Crippen LogP contribution in [0.3, 0.4) is 0 Å². The van der Waals surface area contributed by atoms with E-state index in [9.17, 15) is 15.5 Å². The summed E-state index contributed by atoms with van der Waals surface area (Å²) < 4.78 is 0. The minimum atomic E-state index is -0.994. The maximum atomic E-state index is 9.55. The highest BCUT2D eigenvalue weighted by Crippen LogP contribution is 2.28. The lowest BCUT2D eigenvalue weighted by atomic mass is 10.2. The summed E-state index contributed by atoms with van der Waals surface area (Å²) in [6.07, 6.45) is -0.316. The van der Waals surface area contributed by atoms with Crippen LogP contribution < -0.4 is 10.6 Å². The number of hydrogen-bond donors (Lipinski definition) is 4. The van der Waals surface area contributed by atoms with Gasteiger partial charge in [-0.1, -0.05) is 17.8 Å². The molecule has 0 aromatic carbocycles. The number of aliphatic hydroxyl groups is 2. The summed E-state index contributed by atoms with van der Waals surface area (Å²) >= 11 is 2.98. The summed E-state index contributed by atoms with van der Waals surface area (Å²) in [5.41, 5.74) is 2.01. The summed E-state index contributed by atoms with van der Waals surface area (Å²) in [5.74, 6) is 0.464. The van der Waals surface area contributed by atoms with Gasteiger partial charge in [0.1, 0.15) is 17.3 Å². The number of nitriles is 1. The average Bonchev–Trinajstić information content (AvgIpc) is 3.06. The second-order valence-electron chi connectivity index (χ2n) is 4.78. The number of nitrogens with one attached hydrogen (secondary N) is 2. The molecule has 2 aromatic rings. The van der Waals surface area contributed by atoms with Crippen LogP contribution in [0.5, 0.6) is 0 Å². The molecule has 2 aromatic heterocycles. The molecule has 3 rings (SSSR count). The lowest BCUT2D eigenvalue weighted by Gasteiger charge is -2.25. The molecule has 2 atom stereocenters. The van der Waals surface area contributed by atoms with E-state index in [2.05, 4.69) is 21.7 Å². The zero-order chi connectivity index (χ0) is 16.2. The highest BCUT2D eigenvalue weighted by atomic mass is 32.2. The lowest BCUT2D eigenvalue weighted by Crippen LogP contribution is -2.50. The van der Waals surface area contributed by atoms with Crippen molar-refractivity contribution >= 4 is 23.1 Å². The molecule has 0 radical (unpaired) electrons. The van der Waals surface area contributed by atoms with Crippen molar-refractivity contribution in [3.05, 3.63) is 47.0 Å². The number of thiophene rings is 1. The molecule has 118 valence electrons. The van der Waals surface area contributed by atoms with Crippen LogP contribution in [0, 0.1) is 11.3 Å². The molecule has 0 saturated heterocycles. The summed E-state index contributed by atoms with van der Waals surface area (Å²) in [7, 11) is 0. The lowest BCUT2D eigenvalue weighted by molar-refractivity contribution is 0.0391. The molecule has 4 N–H and O–H groups in total. The Hall–Kier alpha value is -1.89. The predicted octanol–water partition coefficient (Wildman–Crippen LogP) is 1.44. The zero-order valence-corrected chi connectivity index (χ0v) is 13.6. The van der Waals surface area contributed by atoms with E-state index in [-0.39, 0.29) is 0 Å². The fraction of sp³-hybridized carbons (Fsp3) is 0.200. The van der Waals surface area contributed by atoms with Crippen LogP contribution in [0.4, 0.5) is 0 Å². The van der Waals surface area contributed by atoms with Crippen molar-refractivity contribution in [2.75, 3.05) is 5.75 Å². The predicted molar refractivity (Wildman–Crippen MR) is 89.4 cm³/mol. The molecule has 0 aliphatic carbocycles. The number of hydrogen-bond acceptors (Lipinski definition) is 8. The topological polar surface area (TPSA) is 101 Å². The molecule has 0 saturated carbocycles. The van der Waals surface area contributed by atoms with Crippen LogP contribution in [-0.4, -0.2) is 33.5 Å². The number of nitrogens with zero attached hydrogens (tertiary/aromatic N) is 2. The van der Waals surface area contributed by atoms with Crippen molar-refractivity contribution < 1.29 is 10.2 Å². The van der Waals surface area contributed by atoms with Gasteiger partial charge in [-0.2, -0.15) is 5.26 Å². The molecule has 0 amide bonds. The van der Waals surface area contributed by atoms with E-state index in [0.29, 0.717) is 22.0 Å². The number of aliphatic hydroxyl groups excluding tert-OH is 2. The minimum absolute atomic E-state index is 0.464. The highest BCUT2D eigenvalue weighted by molar-refractivity contribution is 7.99. The molecule has 23 heavy (non-hydrogen) atoms. The van der Waals surface area contributed by atoms with Crippen LogP contribution in [0.25, 0.3) is 10.6 Å². The Morgan fingerprint density at radius 1 is 1.35 bits per heavy atom. The van der Waals surface area contributed by atoms with Gasteiger partial charge in [-0.15, -0.1) is 11.3 Å². The van der Waals surface area contributed by atoms with E-state index in [1.54, 1.807) is 23.5 Å². The Balaban J connectivity index is 1.79. The Morgan fingerprint density at radius 3 is 2.91 bits per heavy atom. The van der Waals surface area contributed by atoms with Gasteiger partial charge in [-0.25, -0.2) is 10.3 Å². The Labute approximate surface area is 141 Å². The van der Waals surface area contributed by atoms with E-state index < -0.39 is 12.6 Å². The average molecular weight is 346 g/mol. The van der Waals surface area contributed by atoms with Crippen molar-refractivity contribution in [3.8, 4) is 16.6 Å². The quantitative estimate of drug-likeness (QED) is 0.622. The van der Waals surface area contributed by atoms with Crippen LogP contribution in [0.15, 0.2) is 46.4 Å². The van der Waals surface area contributed by atoms with E-state index >= 15 is 0 Å². The van der Waals surface area contributed by atoms with Gasteiger partial charge in [0.25, 0.3) is 0 Å². The van der Waals surface area contributed by atoms with E-state index in [4.69, 9.17) is 0 Å². The molecule has 8 heteroatoms. The molecule has 0 spiro atoms. The van der Waals surface area contributed by atoms with Crippen molar-refractivity contribution in [2.45, 2.75) is 17.6 Å². The van der Waals surface area contributed by atoms with E-state index in [1.807, 2.05) is 23.6 Å². The number of aromatic nitrogens is 1. The molecular weight excluding hydrogens is 332 g/mol. The van der Waals surface area contributed by atoms with Gasteiger partial charge < -0.3 is 15.5 Å². The monoisotopic (exact) mass is 346 g/mol. The first-order valence-corrected chi connectivity index (χ1v) is 8.69. The second-order valence-corrected chi connectivity index (χ2v) is 6.69. The van der Waals surface area contributed by atoms with Crippen LogP contribution in [0.1, 0.15) is 5.56 Å². The van der Waals surface area contributed by atoms with Gasteiger partial charge in [0.2, 0.25) is 0 Å². The van der Waals surface area contributed by atoms with E-state index in [0.717, 1.165) is 10.6 Å². The smallest absolute Gasteiger partial charge is 0.183 e. The summed E-state index contributed by atoms with van der Waals surface area (Å²) in [6.45, 7) is 0. The molecule has 6 nitrogen and oxygen atoms in total. The third-order valence-corrected chi connectivity index (χ3v) is 5.06. The number of pyridine rings is 1. The molecule has 1 aliphatic heterocycles. The summed E-state index contributed by atoms with van der Waals surface area (Å²) in [5, 5.41) is 36.2. The maximum Gasteiger partial charge on any atom is 0.183 e. The Kier molecular flexibility index (Phi) is 4.95. The minimum Gasteiger partial charge on any atom is -0.375 e. The standard InChI is InChI=1S/C15H14N4O2S2/c16-7-9-3-4-11(12-2-1-5-22-12)18-14(9)23-8-10-6-13(20)19-15(21)17-10/h1-6,13,15,17,19-21H,8H2/t13-,15+/m0/s1. The Morgan fingerprint density at radius 2 is 2.22 bits per heavy atom. The molecular formula is C15H14N4O2S2. The maximum absolute atomic E-state index is 9.55. The number of rotatable bonds is 4. The fourth-order valence-corrected chi connectivity index (χ4v) is 3.70. The third kappa shape index (κ3) is 3.90. The van der Waals surface area contributed by atoms with Gasteiger partial charge in [0.15, 0.2) is 6.35 Å². The largest absolute Gasteiger partial charge is 0.375 e.